The Balaban J connectivity index is 0.000000858. The number of aromatic hydroxyl groups is 1. The first-order valence-corrected chi connectivity index (χ1v) is 9.87. The molecule has 1 unspecified atom stereocenters. The van der Waals surface area contributed by atoms with E-state index in [1.54, 1.807) is 11.0 Å². The number of benzene rings is 2. The Morgan fingerprint density at radius 3 is 2.58 bits per heavy atom. The maximum Gasteiger partial charge on any atom is 0.321 e. The van der Waals surface area contributed by atoms with Crippen molar-refractivity contribution >= 4 is 29.8 Å². The van der Waals surface area contributed by atoms with E-state index in [0.29, 0.717) is 26.1 Å². The zero-order valence-corrected chi connectivity index (χ0v) is 17.5. The van der Waals surface area contributed by atoms with Crippen LogP contribution in [0.4, 0.5) is 16.2 Å². The number of carbonyl (C=O) groups is 3. The summed E-state index contributed by atoms with van der Waals surface area (Å²) in [5.41, 5.74) is 4.36. The van der Waals surface area contributed by atoms with E-state index in [1.165, 1.54) is 0 Å². The van der Waals surface area contributed by atoms with Gasteiger partial charge in [0.1, 0.15) is 5.75 Å². The molecule has 0 aliphatic carbocycles. The van der Waals surface area contributed by atoms with Crippen LogP contribution in [-0.4, -0.2) is 60.7 Å². The summed E-state index contributed by atoms with van der Waals surface area (Å²) in [6, 6.07) is 11.2. The molecule has 164 valence electrons. The van der Waals surface area contributed by atoms with Gasteiger partial charge in [-0.05, 0) is 43.4 Å². The van der Waals surface area contributed by atoms with E-state index in [1.807, 2.05) is 49.3 Å². The van der Waals surface area contributed by atoms with Gasteiger partial charge in [-0.2, -0.15) is 0 Å². The monoisotopic (exact) mass is 426 g/mol. The van der Waals surface area contributed by atoms with Crippen molar-refractivity contribution in [2.75, 3.05) is 37.4 Å². The van der Waals surface area contributed by atoms with E-state index >= 15 is 0 Å². The molecule has 9 heteroatoms. The van der Waals surface area contributed by atoms with Crippen molar-refractivity contribution in [2.45, 2.75) is 18.9 Å². The van der Waals surface area contributed by atoms with Crippen molar-refractivity contribution in [3.8, 4) is 5.75 Å². The molecule has 0 bridgehead atoms. The van der Waals surface area contributed by atoms with Crippen LogP contribution in [0, 0.1) is 0 Å². The first kappa shape index (κ1) is 22.1. The predicted octanol–water partition coefficient (Wildman–Crippen LogP) is 2.16. The number of urea groups is 1. The molecule has 2 aromatic carbocycles. The zero-order valence-electron chi connectivity index (χ0n) is 17.5. The molecular formula is C22H26N4O5. The summed E-state index contributed by atoms with van der Waals surface area (Å²) in [4.78, 5) is 36.4. The largest absolute Gasteiger partial charge is 0.508 e. The number of nitrogens with one attached hydrogen (secondary N) is 2. The third kappa shape index (κ3) is 4.95. The van der Waals surface area contributed by atoms with Crippen LogP contribution in [0.15, 0.2) is 36.4 Å². The third-order valence-electron chi connectivity index (χ3n) is 5.24. The molecule has 1 saturated heterocycles. The normalized spacial score (nSPS) is 17.4. The highest BCUT2D eigenvalue weighted by atomic mass is 16.3. The molecule has 1 fully saturated rings. The molecule has 0 saturated carbocycles. The Kier molecular flexibility index (Phi) is 6.76. The number of hydrogen-bond donors (Lipinski definition) is 4. The third-order valence-corrected chi connectivity index (χ3v) is 5.24. The topological polar surface area (TPSA) is 122 Å². The van der Waals surface area contributed by atoms with Crippen molar-refractivity contribution < 1.29 is 24.6 Å². The summed E-state index contributed by atoms with van der Waals surface area (Å²) < 4.78 is 0. The molecule has 2 heterocycles. The molecule has 0 spiro atoms. The minimum absolute atomic E-state index is 0.0530. The fourth-order valence-corrected chi connectivity index (χ4v) is 3.93. The Morgan fingerprint density at radius 1 is 1.19 bits per heavy atom. The maximum atomic E-state index is 12.4. The number of amides is 3. The van der Waals surface area contributed by atoms with Crippen molar-refractivity contribution in [3.05, 3.63) is 53.1 Å². The number of carbonyl (C=O) groups excluding carboxylic acids is 2. The van der Waals surface area contributed by atoms with Crippen LogP contribution in [0.3, 0.4) is 0 Å². The number of rotatable bonds is 4. The van der Waals surface area contributed by atoms with E-state index < -0.39 is 0 Å². The first-order valence-electron chi connectivity index (χ1n) is 9.87. The quantitative estimate of drug-likeness (QED) is 0.556. The van der Waals surface area contributed by atoms with Crippen molar-refractivity contribution in [1.82, 2.24) is 10.2 Å². The summed E-state index contributed by atoms with van der Waals surface area (Å²) in [6.07, 6.45) is 0.350. The molecule has 31 heavy (non-hydrogen) atoms. The first-order chi connectivity index (χ1) is 14.8. The molecule has 2 aromatic rings. The number of anilines is 2. The summed E-state index contributed by atoms with van der Waals surface area (Å²) in [5.74, 6) is 0.114. The van der Waals surface area contributed by atoms with Crippen molar-refractivity contribution in [1.29, 1.82) is 0 Å². The predicted molar refractivity (Wildman–Crippen MR) is 116 cm³/mol. The second-order valence-electron chi connectivity index (χ2n) is 7.69. The Hall–Kier alpha value is -3.59. The minimum atomic E-state index is -0.250. The fourth-order valence-electron chi connectivity index (χ4n) is 3.93. The second kappa shape index (κ2) is 9.48. The SMILES string of the molecule is CN(C)Cc1cc(C2CC(=O)Nc3cc(N4CCNC4=O)ccc32)ccc1O.O=CO. The van der Waals surface area contributed by atoms with Gasteiger partial charge in [-0.3, -0.25) is 14.5 Å². The second-order valence-corrected chi connectivity index (χ2v) is 7.69. The lowest BCUT2D eigenvalue weighted by Gasteiger charge is -2.28. The lowest BCUT2D eigenvalue weighted by atomic mass is 9.84. The van der Waals surface area contributed by atoms with Gasteiger partial charge in [0, 0.05) is 48.9 Å². The van der Waals surface area contributed by atoms with Crippen LogP contribution < -0.4 is 15.5 Å². The van der Waals surface area contributed by atoms with E-state index in [0.717, 1.165) is 28.1 Å². The minimum Gasteiger partial charge on any atom is -0.508 e. The van der Waals surface area contributed by atoms with Crippen LogP contribution in [-0.2, 0) is 16.1 Å². The van der Waals surface area contributed by atoms with Gasteiger partial charge in [0.05, 0.1) is 0 Å². The number of carboxylic acid groups (broad SMARTS) is 1. The number of nitrogens with zero attached hydrogens (tertiary/aromatic N) is 2. The van der Waals surface area contributed by atoms with Crippen LogP contribution >= 0.6 is 0 Å². The average molecular weight is 426 g/mol. The highest BCUT2D eigenvalue weighted by molar-refractivity contribution is 5.98. The molecule has 2 aliphatic rings. The van der Waals surface area contributed by atoms with Gasteiger partial charge in [-0.25, -0.2) is 4.79 Å². The Morgan fingerprint density at radius 2 is 1.94 bits per heavy atom. The summed E-state index contributed by atoms with van der Waals surface area (Å²) in [7, 11) is 3.90. The highest BCUT2D eigenvalue weighted by Crippen LogP contribution is 2.40. The number of hydrogen-bond acceptors (Lipinski definition) is 5. The average Bonchev–Trinajstić information content (AvgIpc) is 3.14. The standard InChI is InChI=1S/C21H24N4O3.CH2O2/c1-24(2)12-14-9-13(3-6-19(14)26)17-11-20(27)23-18-10-15(4-5-16(17)18)25-8-7-22-21(25)28;2-1-3/h3-6,9-10,17,26H,7-8,11-12H2,1-2H3,(H,22,28)(H,23,27);1H,(H,2,3). The smallest absolute Gasteiger partial charge is 0.321 e. The molecule has 9 nitrogen and oxygen atoms in total. The molecule has 1 atom stereocenters. The fraction of sp³-hybridized carbons (Fsp3) is 0.318. The molecule has 3 amide bonds. The molecule has 4 rings (SSSR count). The van der Waals surface area contributed by atoms with Gasteiger partial charge in [0.25, 0.3) is 6.47 Å². The van der Waals surface area contributed by atoms with Crippen molar-refractivity contribution in [2.24, 2.45) is 0 Å². The van der Waals surface area contributed by atoms with Crippen LogP contribution in [0.5, 0.6) is 5.75 Å². The number of phenols is 1. The summed E-state index contributed by atoms with van der Waals surface area (Å²) in [5, 5.41) is 22.8. The molecular weight excluding hydrogens is 400 g/mol. The van der Waals surface area contributed by atoms with Gasteiger partial charge in [-0.15, -0.1) is 0 Å². The Bertz CT molecular complexity index is 992. The maximum absolute atomic E-state index is 12.4. The van der Waals surface area contributed by atoms with E-state index in [9.17, 15) is 14.7 Å². The van der Waals surface area contributed by atoms with E-state index in [2.05, 4.69) is 10.6 Å². The molecule has 2 aliphatic heterocycles. The molecule has 0 radical (unpaired) electrons. The van der Waals surface area contributed by atoms with Crippen LogP contribution in [0.2, 0.25) is 0 Å². The Labute approximate surface area is 180 Å². The summed E-state index contributed by atoms with van der Waals surface area (Å²) in [6.45, 7) is 1.60. The zero-order chi connectivity index (χ0) is 22.5. The highest BCUT2D eigenvalue weighted by Gasteiger charge is 2.29. The number of phenolic OH excluding ortho intramolecular Hbond substituents is 1. The van der Waals surface area contributed by atoms with Gasteiger partial charge in [0.2, 0.25) is 5.91 Å². The lowest BCUT2D eigenvalue weighted by Crippen LogP contribution is -2.28. The van der Waals surface area contributed by atoms with Gasteiger partial charge in [-0.1, -0.05) is 18.2 Å². The van der Waals surface area contributed by atoms with E-state index in [4.69, 9.17) is 9.90 Å². The molecule has 0 aromatic heterocycles. The van der Waals surface area contributed by atoms with Gasteiger partial charge < -0.3 is 25.7 Å². The lowest BCUT2D eigenvalue weighted by molar-refractivity contribution is -0.123. The van der Waals surface area contributed by atoms with Crippen molar-refractivity contribution in [3.63, 3.8) is 0 Å². The van der Waals surface area contributed by atoms with Crippen LogP contribution in [0.1, 0.15) is 29.0 Å². The van der Waals surface area contributed by atoms with E-state index in [-0.39, 0.29) is 30.1 Å². The summed E-state index contributed by atoms with van der Waals surface area (Å²) >= 11 is 0. The van der Waals surface area contributed by atoms with Crippen LogP contribution in [0.25, 0.3) is 0 Å². The molecule has 4 N–H and O–H groups in total. The number of fused-ring (bicyclic) bond motifs is 1. The van der Waals surface area contributed by atoms with Gasteiger partial charge in [0.15, 0.2) is 0 Å². The van der Waals surface area contributed by atoms with Gasteiger partial charge >= 0.3 is 6.03 Å².